The molecule has 1 aromatic carbocycles. The SMILES string of the molecule is COCCN1C[C@H](C(=O)NCC2(c3ccccc3)CCOCC2)CCC1=O. The molecule has 0 bridgehead atoms. The molecule has 2 aliphatic rings. The molecule has 1 N–H and O–H groups in total. The number of benzene rings is 1. The fraction of sp³-hybridized carbons (Fsp3) is 0.619. The van der Waals surface area contributed by atoms with Crippen LogP contribution in [0.3, 0.4) is 0 Å². The largest absolute Gasteiger partial charge is 0.383 e. The third-order valence-electron chi connectivity index (χ3n) is 5.87. The standard InChI is InChI=1S/C21H30N2O4/c1-26-14-11-23-15-17(7-8-19(23)24)20(25)22-16-21(9-12-27-13-10-21)18-5-3-2-4-6-18/h2-6,17H,7-16H2,1H3,(H,22,25)/t17-/m1/s1. The van der Waals surface area contributed by atoms with Crippen molar-refractivity contribution < 1.29 is 19.1 Å². The summed E-state index contributed by atoms with van der Waals surface area (Å²) in [4.78, 5) is 26.6. The second-order valence-electron chi connectivity index (χ2n) is 7.54. The van der Waals surface area contributed by atoms with Crippen LogP contribution in [0.4, 0.5) is 0 Å². The molecule has 6 nitrogen and oxygen atoms in total. The van der Waals surface area contributed by atoms with Crippen LogP contribution in [0.15, 0.2) is 30.3 Å². The van der Waals surface area contributed by atoms with Crippen LogP contribution in [-0.4, -0.2) is 63.3 Å². The van der Waals surface area contributed by atoms with Crippen LogP contribution >= 0.6 is 0 Å². The van der Waals surface area contributed by atoms with E-state index in [4.69, 9.17) is 9.47 Å². The van der Waals surface area contributed by atoms with Gasteiger partial charge in [0.2, 0.25) is 11.8 Å². The van der Waals surface area contributed by atoms with E-state index in [1.807, 2.05) is 6.07 Å². The zero-order valence-corrected chi connectivity index (χ0v) is 16.1. The zero-order chi connectivity index (χ0) is 19.1. The monoisotopic (exact) mass is 374 g/mol. The number of carbonyl (C=O) groups excluding carboxylic acids is 2. The molecule has 0 radical (unpaired) electrons. The summed E-state index contributed by atoms with van der Waals surface area (Å²) in [6.45, 7) is 3.57. The third kappa shape index (κ3) is 4.87. The molecule has 0 unspecified atom stereocenters. The normalized spacial score (nSPS) is 22.5. The Morgan fingerprint density at radius 1 is 1.30 bits per heavy atom. The Morgan fingerprint density at radius 2 is 2.04 bits per heavy atom. The van der Waals surface area contributed by atoms with E-state index in [9.17, 15) is 9.59 Å². The van der Waals surface area contributed by atoms with Crippen LogP contribution in [-0.2, 0) is 24.5 Å². The van der Waals surface area contributed by atoms with Crippen LogP contribution in [0.2, 0.25) is 0 Å². The van der Waals surface area contributed by atoms with Crippen LogP contribution in [0.25, 0.3) is 0 Å². The molecule has 2 aliphatic heterocycles. The number of hydrogen-bond donors (Lipinski definition) is 1. The van der Waals surface area contributed by atoms with Gasteiger partial charge in [0.1, 0.15) is 0 Å². The van der Waals surface area contributed by atoms with Crippen molar-refractivity contribution in [3.05, 3.63) is 35.9 Å². The van der Waals surface area contributed by atoms with Crippen LogP contribution in [0, 0.1) is 5.92 Å². The molecule has 0 aromatic heterocycles. The van der Waals surface area contributed by atoms with Gasteiger partial charge in [-0.2, -0.15) is 0 Å². The molecule has 2 saturated heterocycles. The predicted octanol–water partition coefficient (Wildman–Crippen LogP) is 1.74. The van der Waals surface area contributed by atoms with Crippen molar-refractivity contribution in [3.8, 4) is 0 Å². The van der Waals surface area contributed by atoms with E-state index in [1.165, 1.54) is 5.56 Å². The summed E-state index contributed by atoms with van der Waals surface area (Å²) in [5.41, 5.74) is 1.18. The molecule has 3 rings (SSSR count). The van der Waals surface area contributed by atoms with Crippen molar-refractivity contribution in [2.24, 2.45) is 5.92 Å². The molecule has 27 heavy (non-hydrogen) atoms. The predicted molar refractivity (Wildman–Crippen MR) is 102 cm³/mol. The maximum Gasteiger partial charge on any atom is 0.224 e. The number of piperidine rings is 1. The zero-order valence-electron chi connectivity index (χ0n) is 16.1. The molecule has 2 amide bonds. The van der Waals surface area contributed by atoms with Crippen molar-refractivity contribution in [1.82, 2.24) is 10.2 Å². The number of hydrogen-bond acceptors (Lipinski definition) is 4. The smallest absolute Gasteiger partial charge is 0.224 e. The minimum absolute atomic E-state index is 0.0479. The Bertz CT molecular complexity index is 628. The van der Waals surface area contributed by atoms with Gasteiger partial charge >= 0.3 is 0 Å². The molecule has 1 aromatic rings. The molecule has 0 aliphatic carbocycles. The Morgan fingerprint density at radius 3 is 2.74 bits per heavy atom. The van der Waals surface area contributed by atoms with E-state index in [-0.39, 0.29) is 23.1 Å². The number of likely N-dealkylation sites (tertiary alicyclic amines) is 1. The average Bonchev–Trinajstić information content (AvgIpc) is 2.73. The maximum absolute atomic E-state index is 12.8. The summed E-state index contributed by atoms with van der Waals surface area (Å²) < 4.78 is 10.6. The van der Waals surface area contributed by atoms with E-state index >= 15 is 0 Å². The van der Waals surface area contributed by atoms with Gasteiger partial charge in [-0.05, 0) is 24.8 Å². The highest BCUT2D eigenvalue weighted by Crippen LogP contribution is 2.34. The van der Waals surface area contributed by atoms with Crippen molar-refractivity contribution in [3.63, 3.8) is 0 Å². The molecule has 2 fully saturated rings. The molecule has 148 valence electrons. The Hall–Kier alpha value is -1.92. The van der Waals surface area contributed by atoms with E-state index in [1.54, 1.807) is 12.0 Å². The highest BCUT2D eigenvalue weighted by molar-refractivity contribution is 5.83. The van der Waals surface area contributed by atoms with Gasteiger partial charge in [0.15, 0.2) is 0 Å². The second-order valence-corrected chi connectivity index (χ2v) is 7.54. The van der Waals surface area contributed by atoms with Gasteiger partial charge in [-0.15, -0.1) is 0 Å². The lowest BCUT2D eigenvalue weighted by Gasteiger charge is -2.39. The first-order chi connectivity index (χ1) is 13.1. The van der Waals surface area contributed by atoms with Gasteiger partial charge in [0.05, 0.1) is 12.5 Å². The first-order valence-electron chi connectivity index (χ1n) is 9.82. The summed E-state index contributed by atoms with van der Waals surface area (Å²) >= 11 is 0. The minimum atomic E-state index is -0.146. The number of rotatable bonds is 7. The number of ether oxygens (including phenoxy) is 2. The first kappa shape index (κ1) is 19.8. The molecule has 0 saturated carbocycles. The summed E-state index contributed by atoms with van der Waals surface area (Å²) in [5.74, 6) is 0.0141. The lowest BCUT2D eigenvalue weighted by Crippen LogP contribution is -2.50. The summed E-state index contributed by atoms with van der Waals surface area (Å²) in [7, 11) is 1.62. The molecule has 6 heteroatoms. The average molecular weight is 374 g/mol. The summed E-state index contributed by atoms with van der Waals surface area (Å²) in [5, 5.41) is 3.19. The highest BCUT2D eigenvalue weighted by Gasteiger charge is 2.36. The number of nitrogens with one attached hydrogen (secondary N) is 1. The minimum Gasteiger partial charge on any atom is -0.383 e. The Labute approximate surface area is 161 Å². The van der Waals surface area contributed by atoms with E-state index in [0.29, 0.717) is 52.3 Å². The van der Waals surface area contributed by atoms with Gasteiger partial charge in [-0.1, -0.05) is 30.3 Å². The number of amides is 2. The van der Waals surface area contributed by atoms with Crippen LogP contribution in [0.1, 0.15) is 31.2 Å². The van der Waals surface area contributed by atoms with Gasteiger partial charge in [-0.3, -0.25) is 9.59 Å². The fourth-order valence-corrected chi connectivity index (χ4v) is 4.07. The molecular weight excluding hydrogens is 344 g/mol. The van der Waals surface area contributed by atoms with Crippen molar-refractivity contribution in [1.29, 1.82) is 0 Å². The van der Waals surface area contributed by atoms with Crippen molar-refractivity contribution in [2.45, 2.75) is 31.1 Å². The molecular formula is C21H30N2O4. The Balaban J connectivity index is 1.62. The van der Waals surface area contributed by atoms with Crippen molar-refractivity contribution in [2.75, 3.05) is 46.6 Å². The molecule has 2 heterocycles. The van der Waals surface area contributed by atoms with E-state index in [2.05, 4.69) is 29.6 Å². The number of nitrogens with zero attached hydrogens (tertiary/aromatic N) is 1. The summed E-state index contributed by atoms with van der Waals surface area (Å²) in [6, 6.07) is 10.4. The van der Waals surface area contributed by atoms with Gasteiger partial charge in [0.25, 0.3) is 0 Å². The number of methoxy groups -OCH3 is 1. The first-order valence-corrected chi connectivity index (χ1v) is 9.82. The van der Waals surface area contributed by atoms with Gasteiger partial charge in [0, 0.05) is 51.8 Å². The fourth-order valence-electron chi connectivity index (χ4n) is 4.07. The van der Waals surface area contributed by atoms with E-state index in [0.717, 1.165) is 12.8 Å². The maximum atomic E-state index is 12.8. The number of carbonyl (C=O) groups is 2. The lowest BCUT2D eigenvalue weighted by atomic mass is 9.74. The molecule has 1 atom stereocenters. The molecule has 0 spiro atoms. The topological polar surface area (TPSA) is 67.9 Å². The van der Waals surface area contributed by atoms with Gasteiger partial charge in [-0.25, -0.2) is 0 Å². The highest BCUT2D eigenvalue weighted by atomic mass is 16.5. The third-order valence-corrected chi connectivity index (χ3v) is 5.87. The van der Waals surface area contributed by atoms with Crippen LogP contribution in [0.5, 0.6) is 0 Å². The van der Waals surface area contributed by atoms with Crippen LogP contribution < -0.4 is 5.32 Å². The lowest BCUT2D eigenvalue weighted by molar-refractivity contribution is -0.139. The Kier molecular flexibility index (Phi) is 6.85. The second kappa shape index (κ2) is 9.33. The quantitative estimate of drug-likeness (QED) is 0.789. The van der Waals surface area contributed by atoms with E-state index < -0.39 is 0 Å². The van der Waals surface area contributed by atoms with Crippen molar-refractivity contribution >= 4 is 11.8 Å². The van der Waals surface area contributed by atoms with Gasteiger partial charge < -0.3 is 19.7 Å². The summed E-state index contributed by atoms with van der Waals surface area (Å²) in [6.07, 6.45) is 2.86.